The number of carbonyl (C=O) groups is 1. The van der Waals surface area contributed by atoms with E-state index in [0.29, 0.717) is 12.5 Å². The molecule has 0 amide bonds. The van der Waals surface area contributed by atoms with Gasteiger partial charge in [-0.05, 0) is 31.7 Å². The van der Waals surface area contributed by atoms with Gasteiger partial charge in [0.15, 0.2) is 15.6 Å². The molecule has 15 heteroatoms. The van der Waals surface area contributed by atoms with Crippen molar-refractivity contribution in [3.8, 4) is 0 Å². The molecule has 6 unspecified atom stereocenters. The van der Waals surface area contributed by atoms with E-state index in [9.17, 15) is 35.5 Å². The van der Waals surface area contributed by atoms with Crippen molar-refractivity contribution in [2.75, 3.05) is 12.0 Å². The van der Waals surface area contributed by atoms with Crippen molar-refractivity contribution in [2.24, 2.45) is 16.7 Å². The molecular weight excluding hydrogens is 612 g/mol. The van der Waals surface area contributed by atoms with E-state index in [1.54, 1.807) is 6.92 Å². The lowest BCUT2D eigenvalue weighted by molar-refractivity contribution is -0.127. The summed E-state index contributed by atoms with van der Waals surface area (Å²) in [6, 6.07) is 2.58. The molecule has 2 N–H and O–H groups in total. The van der Waals surface area contributed by atoms with Crippen molar-refractivity contribution in [2.45, 2.75) is 55.8 Å². The number of alkyl halides is 1. The molecule has 2 aromatic rings. The average molecular weight is 643 g/mol. The summed E-state index contributed by atoms with van der Waals surface area (Å²) >= 11 is 3.35. The van der Waals surface area contributed by atoms with Gasteiger partial charge in [0.1, 0.15) is 29.9 Å². The molecule has 1 aromatic carbocycles. The second-order valence-corrected chi connectivity index (χ2v) is 15.3. The monoisotopic (exact) mass is 641 g/mol. The highest BCUT2D eigenvalue weighted by Crippen LogP contribution is 2.65. The van der Waals surface area contributed by atoms with Crippen LogP contribution in [0.2, 0.25) is 0 Å². The van der Waals surface area contributed by atoms with Crippen LogP contribution in [0.15, 0.2) is 30.9 Å². The number of aliphatic hydroxyl groups is 1. The van der Waals surface area contributed by atoms with Crippen LogP contribution in [0.25, 0.3) is 0 Å². The third-order valence-corrected chi connectivity index (χ3v) is 11.9. The summed E-state index contributed by atoms with van der Waals surface area (Å²) < 4.78 is 83.3. The SMILES string of the molecule is CC(C(O)(Cn1cncn1)c1ccc(F)cc1F)S(C)(=O)=O.CC12CCC(C(Br)C1=O)C2(C)CS(=O)(=O)O. The molecule has 0 spiro atoms. The smallest absolute Gasteiger partial charge is 0.265 e. The Morgan fingerprint density at radius 3 is 2.34 bits per heavy atom. The topological polar surface area (TPSA) is 157 Å². The minimum atomic E-state index is -4.05. The number of nitrogens with zero attached hydrogens (tertiary/aromatic N) is 3. The number of fused-ring (bicyclic) bond motifs is 2. The second kappa shape index (κ2) is 10.3. The molecule has 10 nitrogen and oxygen atoms in total. The van der Waals surface area contributed by atoms with E-state index >= 15 is 0 Å². The van der Waals surface area contributed by atoms with Gasteiger partial charge in [-0.25, -0.2) is 26.9 Å². The number of aromatic nitrogens is 3. The molecule has 2 aliphatic carbocycles. The molecule has 212 valence electrons. The van der Waals surface area contributed by atoms with Crippen LogP contribution in [0.4, 0.5) is 8.78 Å². The van der Waals surface area contributed by atoms with E-state index in [0.717, 1.165) is 24.8 Å². The Bertz CT molecular complexity index is 1420. The minimum Gasteiger partial charge on any atom is -0.382 e. The fraction of sp³-hybridized carbons (Fsp3) is 0.609. The Labute approximate surface area is 228 Å². The Morgan fingerprint density at radius 1 is 1.26 bits per heavy atom. The molecule has 2 bridgehead atoms. The van der Waals surface area contributed by atoms with Crippen LogP contribution in [0.1, 0.15) is 39.2 Å². The number of hydrogen-bond donors (Lipinski definition) is 2. The van der Waals surface area contributed by atoms with E-state index < -0.39 is 53.3 Å². The predicted molar refractivity (Wildman–Crippen MR) is 138 cm³/mol. The summed E-state index contributed by atoms with van der Waals surface area (Å²) in [5, 5.41) is 13.3. The van der Waals surface area contributed by atoms with E-state index in [2.05, 4.69) is 26.0 Å². The average Bonchev–Trinajstić information content (AvgIpc) is 3.39. The van der Waals surface area contributed by atoms with E-state index in [4.69, 9.17) is 4.55 Å². The number of rotatable bonds is 7. The van der Waals surface area contributed by atoms with Crippen LogP contribution in [0.5, 0.6) is 0 Å². The predicted octanol–water partition coefficient (Wildman–Crippen LogP) is 2.52. The van der Waals surface area contributed by atoms with Crippen molar-refractivity contribution in [1.29, 1.82) is 0 Å². The summed E-state index contributed by atoms with van der Waals surface area (Å²) in [7, 11) is -7.76. The summed E-state index contributed by atoms with van der Waals surface area (Å²) in [6.45, 7) is 4.54. The first kappa shape index (κ1) is 30.7. The quantitative estimate of drug-likeness (QED) is 0.342. The van der Waals surface area contributed by atoms with Crippen LogP contribution < -0.4 is 0 Å². The lowest BCUT2D eigenvalue weighted by atomic mass is 9.70. The summed E-state index contributed by atoms with van der Waals surface area (Å²) in [5.74, 6) is -2.09. The number of halogens is 3. The molecule has 0 radical (unpaired) electrons. The number of carbonyl (C=O) groups excluding carboxylic acids is 1. The van der Waals surface area contributed by atoms with Crippen LogP contribution >= 0.6 is 15.9 Å². The van der Waals surface area contributed by atoms with E-state index in [1.807, 2.05) is 6.92 Å². The molecule has 1 heterocycles. The lowest BCUT2D eigenvalue weighted by Gasteiger charge is -2.35. The van der Waals surface area contributed by atoms with Gasteiger partial charge in [0, 0.05) is 28.7 Å². The Balaban J connectivity index is 0.000000221. The first-order valence-corrected chi connectivity index (χ1v) is 16.1. The van der Waals surface area contributed by atoms with Crippen LogP contribution in [0, 0.1) is 28.4 Å². The molecule has 4 rings (SSSR count). The lowest BCUT2D eigenvalue weighted by Crippen LogP contribution is -2.46. The zero-order valence-corrected chi connectivity index (χ0v) is 24.4. The van der Waals surface area contributed by atoms with Gasteiger partial charge in [0.2, 0.25) is 0 Å². The van der Waals surface area contributed by atoms with Gasteiger partial charge >= 0.3 is 0 Å². The molecular formula is C23H30BrF2N3O7S2. The number of ketones is 1. The number of Topliss-reactive ketones (excluding diaryl/α,β-unsaturated/α-hetero) is 1. The van der Waals surface area contributed by atoms with Gasteiger partial charge in [0.25, 0.3) is 10.1 Å². The van der Waals surface area contributed by atoms with Crippen molar-refractivity contribution in [3.63, 3.8) is 0 Å². The highest BCUT2D eigenvalue weighted by atomic mass is 79.9. The molecule has 2 saturated carbocycles. The van der Waals surface area contributed by atoms with Crippen LogP contribution in [0.3, 0.4) is 0 Å². The van der Waals surface area contributed by atoms with Crippen molar-refractivity contribution >= 4 is 41.7 Å². The Hall–Kier alpha value is -1.81. The first-order valence-electron chi connectivity index (χ1n) is 11.6. The fourth-order valence-corrected chi connectivity index (χ4v) is 9.21. The van der Waals surface area contributed by atoms with Crippen molar-refractivity contribution in [3.05, 3.63) is 48.1 Å². The van der Waals surface area contributed by atoms with Gasteiger partial charge in [-0.3, -0.25) is 9.35 Å². The van der Waals surface area contributed by atoms with Crippen LogP contribution in [-0.2, 0) is 36.9 Å². The van der Waals surface area contributed by atoms with Crippen molar-refractivity contribution < 1.29 is 40.1 Å². The standard InChI is InChI=1S/C13H15F2N3O3S.C10H15BrO4S/c1-9(22(2,20)21)13(19,6-18-8-16-7-17-18)11-4-3-10(14)5-12(11)15;1-9-4-3-6(7(11)8(9)12)10(9,2)5-16(13,14)15/h3-5,7-9,19H,6H2,1-2H3;6-7H,3-5H2,1-2H3,(H,13,14,15). The minimum absolute atomic E-state index is 0.00641. The summed E-state index contributed by atoms with van der Waals surface area (Å²) in [5.41, 5.74) is -3.71. The second-order valence-electron chi connectivity index (χ2n) is 10.5. The van der Waals surface area contributed by atoms with E-state index in [1.165, 1.54) is 24.3 Å². The number of hydrogen-bond acceptors (Lipinski definition) is 8. The highest BCUT2D eigenvalue weighted by molar-refractivity contribution is 9.10. The van der Waals surface area contributed by atoms with E-state index in [-0.39, 0.29) is 34.4 Å². The Kier molecular flexibility index (Phi) is 8.33. The molecule has 2 fully saturated rings. The molecule has 1 aromatic heterocycles. The number of benzene rings is 1. The summed E-state index contributed by atoms with van der Waals surface area (Å²) in [4.78, 5) is 15.5. The first-order chi connectivity index (χ1) is 17.3. The molecule has 38 heavy (non-hydrogen) atoms. The zero-order valence-electron chi connectivity index (χ0n) is 21.2. The normalized spacial score (nSPS) is 29.4. The van der Waals surface area contributed by atoms with Gasteiger partial charge < -0.3 is 5.11 Å². The van der Waals surface area contributed by atoms with Gasteiger partial charge in [-0.2, -0.15) is 13.5 Å². The highest BCUT2D eigenvalue weighted by Gasteiger charge is 2.68. The maximum Gasteiger partial charge on any atom is 0.265 e. The summed E-state index contributed by atoms with van der Waals surface area (Å²) in [6.07, 6.45) is 4.95. The number of sulfone groups is 1. The van der Waals surface area contributed by atoms with Gasteiger partial charge in [-0.15, -0.1) is 0 Å². The fourth-order valence-electron chi connectivity index (χ4n) is 5.65. The van der Waals surface area contributed by atoms with Crippen LogP contribution in [-0.4, -0.2) is 69.1 Å². The third kappa shape index (κ3) is 5.58. The molecule has 2 aliphatic rings. The van der Waals surface area contributed by atoms with Gasteiger partial charge in [0.05, 0.1) is 22.4 Å². The van der Waals surface area contributed by atoms with Gasteiger partial charge in [-0.1, -0.05) is 35.8 Å². The zero-order chi connectivity index (χ0) is 28.9. The third-order valence-electron chi connectivity index (χ3n) is 8.25. The largest absolute Gasteiger partial charge is 0.382 e. The van der Waals surface area contributed by atoms with Crippen molar-refractivity contribution in [1.82, 2.24) is 14.8 Å². The molecule has 6 atom stereocenters. The maximum atomic E-state index is 14.1. The molecule has 0 aliphatic heterocycles. The molecule has 0 saturated heterocycles. The maximum absolute atomic E-state index is 14.1. The Morgan fingerprint density at radius 2 is 1.89 bits per heavy atom.